The molecule has 0 amide bonds. The Kier molecular flexibility index (Phi) is 4.67. The molecule has 1 aliphatic heterocycles. The summed E-state index contributed by atoms with van der Waals surface area (Å²) in [6, 6.07) is 25.8. The average molecular weight is 451 g/mol. The van der Waals surface area contributed by atoms with E-state index in [-0.39, 0.29) is 0 Å². The minimum absolute atomic E-state index is 0.313. The SMILES string of the molecule is O=C1OC(c2ccc(-c3ccccc3)cc2)=N/C1=C\c1ccc(I)cc1. The van der Waals surface area contributed by atoms with Gasteiger partial charge in [-0.2, -0.15) is 0 Å². The Hall–Kier alpha value is -2.73. The van der Waals surface area contributed by atoms with Gasteiger partial charge < -0.3 is 4.74 Å². The molecule has 0 saturated heterocycles. The van der Waals surface area contributed by atoms with Crippen LogP contribution in [-0.4, -0.2) is 11.9 Å². The van der Waals surface area contributed by atoms with Crippen LogP contribution >= 0.6 is 22.6 Å². The number of halogens is 1. The molecular weight excluding hydrogens is 437 g/mol. The first-order valence-corrected chi connectivity index (χ1v) is 9.21. The number of ether oxygens (including phenoxy) is 1. The highest BCUT2D eigenvalue weighted by Gasteiger charge is 2.24. The second-order valence-electron chi connectivity index (χ2n) is 5.83. The number of cyclic esters (lactones) is 1. The molecular formula is C22H14INO2. The lowest BCUT2D eigenvalue weighted by molar-refractivity contribution is -0.129. The van der Waals surface area contributed by atoms with E-state index < -0.39 is 5.97 Å². The molecule has 1 heterocycles. The maximum absolute atomic E-state index is 12.1. The fourth-order valence-corrected chi connectivity index (χ4v) is 3.04. The molecule has 0 radical (unpaired) electrons. The molecule has 0 atom stereocenters. The maximum atomic E-state index is 12.1. The number of benzene rings is 3. The zero-order valence-electron chi connectivity index (χ0n) is 13.7. The van der Waals surface area contributed by atoms with Crippen molar-refractivity contribution in [1.82, 2.24) is 0 Å². The topological polar surface area (TPSA) is 38.7 Å². The van der Waals surface area contributed by atoms with E-state index in [2.05, 4.69) is 39.7 Å². The third-order valence-corrected chi connectivity index (χ3v) is 4.75. The largest absolute Gasteiger partial charge is 0.402 e. The van der Waals surface area contributed by atoms with E-state index in [1.165, 1.54) is 0 Å². The van der Waals surface area contributed by atoms with Crippen molar-refractivity contribution in [2.75, 3.05) is 0 Å². The van der Waals surface area contributed by atoms with Gasteiger partial charge in [0.25, 0.3) is 0 Å². The summed E-state index contributed by atoms with van der Waals surface area (Å²) in [4.78, 5) is 16.5. The molecule has 26 heavy (non-hydrogen) atoms. The van der Waals surface area contributed by atoms with Crippen LogP contribution in [0.5, 0.6) is 0 Å². The number of carbonyl (C=O) groups excluding carboxylic acids is 1. The van der Waals surface area contributed by atoms with Crippen molar-refractivity contribution in [2.45, 2.75) is 0 Å². The van der Waals surface area contributed by atoms with Gasteiger partial charge in [-0.25, -0.2) is 9.79 Å². The summed E-state index contributed by atoms with van der Waals surface area (Å²) in [7, 11) is 0. The van der Waals surface area contributed by atoms with Gasteiger partial charge in [0.15, 0.2) is 5.70 Å². The minimum atomic E-state index is -0.425. The van der Waals surface area contributed by atoms with Crippen LogP contribution in [0.4, 0.5) is 0 Å². The fraction of sp³-hybridized carbons (Fsp3) is 0. The molecule has 0 fully saturated rings. The molecule has 0 bridgehead atoms. The first-order chi connectivity index (χ1) is 12.7. The zero-order valence-corrected chi connectivity index (χ0v) is 15.9. The second-order valence-corrected chi connectivity index (χ2v) is 7.08. The summed E-state index contributed by atoms with van der Waals surface area (Å²) >= 11 is 2.24. The molecule has 0 unspecified atom stereocenters. The quantitative estimate of drug-likeness (QED) is 0.308. The number of nitrogens with zero attached hydrogens (tertiary/aromatic N) is 1. The molecule has 3 nitrogen and oxygen atoms in total. The van der Waals surface area contributed by atoms with Crippen LogP contribution in [0.1, 0.15) is 11.1 Å². The highest BCUT2D eigenvalue weighted by Crippen LogP contribution is 2.23. The standard InChI is InChI=1S/C22H14INO2/c23-19-12-6-15(7-13-19)14-20-22(25)26-21(24-20)18-10-8-17(9-11-18)16-4-2-1-3-5-16/h1-14H/b20-14-. The molecule has 0 aliphatic carbocycles. The second kappa shape index (κ2) is 7.25. The van der Waals surface area contributed by atoms with E-state index in [4.69, 9.17) is 4.74 Å². The summed E-state index contributed by atoms with van der Waals surface area (Å²) < 4.78 is 6.48. The van der Waals surface area contributed by atoms with Gasteiger partial charge in [-0.1, -0.05) is 54.6 Å². The molecule has 3 aromatic rings. The van der Waals surface area contributed by atoms with Crippen molar-refractivity contribution in [3.8, 4) is 11.1 Å². The van der Waals surface area contributed by atoms with Gasteiger partial charge >= 0.3 is 5.97 Å². The monoisotopic (exact) mass is 451 g/mol. The van der Waals surface area contributed by atoms with Gasteiger partial charge in [0.2, 0.25) is 5.90 Å². The van der Waals surface area contributed by atoms with Crippen LogP contribution in [0.25, 0.3) is 17.2 Å². The molecule has 0 spiro atoms. The van der Waals surface area contributed by atoms with Crippen LogP contribution in [0.2, 0.25) is 0 Å². The molecule has 0 saturated carbocycles. The summed E-state index contributed by atoms with van der Waals surface area (Å²) in [6.07, 6.45) is 1.74. The van der Waals surface area contributed by atoms with E-state index in [1.54, 1.807) is 6.08 Å². The highest BCUT2D eigenvalue weighted by molar-refractivity contribution is 14.1. The van der Waals surface area contributed by atoms with Gasteiger partial charge in [0.1, 0.15) is 0 Å². The highest BCUT2D eigenvalue weighted by atomic mass is 127. The Morgan fingerprint density at radius 1 is 0.769 bits per heavy atom. The van der Waals surface area contributed by atoms with Crippen LogP contribution < -0.4 is 0 Å². The van der Waals surface area contributed by atoms with E-state index >= 15 is 0 Å². The number of aliphatic imine (C=N–C) groups is 1. The molecule has 1 aliphatic rings. The van der Waals surface area contributed by atoms with Crippen molar-refractivity contribution in [1.29, 1.82) is 0 Å². The number of esters is 1. The van der Waals surface area contributed by atoms with Crippen molar-refractivity contribution in [3.63, 3.8) is 0 Å². The third-order valence-electron chi connectivity index (χ3n) is 4.03. The predicted octanol–water partition coefficient (Wildman–Crippen LogP) is 5.30. The summed E-state index contributed by atoms with van der Waals surface area (Å²) in [6.45, 7) is 0. The Morgan fingerprint density at radius 2 is 1.38 bits per heavy atom. The lowest BCUT2D eigenvalue weighted by Gasteiger charge is -2.03. The molecule has 4 heteroatoms. The maximum Gasteiger partial charge on any atom is 0.363 e. The summed E-state index contributed by atoms with van der Waals surface area (Å²) in [5, 5.41) is 0. The van der Waals surface area contributed by atoms with Gasteiger partial charge in [-0.05, 0) is 69.6 Å². The third kappa shape index (κ3) is 3.60. The first kappa shape index (κ1) is 16.7. The van der Waals surface area contributed by atoms with E-state index in [1.807, 2.05) is 66.7 Å². The molecule has 4 rings (SSSR count). The fourth-order valence-electron chi connectivity index (χ4n) is 2.69. The van der Waals surface area contributed by atoms with Gasteiger partial charge in [0.05, 0.1) is 0 Å². The van der Waals surface area contributed by atoms with Crippen LogP contribution in [0, 0.1) is 3.57 Å². The van der Waals surface area contributed by atoms with Gasteiger partial charge in [-0.15, -0.1) is 0 Å². The lowest BCUT2D eigenvalue weighted by Crippen LogP contribution is -2.05. The number of hydrogen-bond acceptors (Lipinski definition) is 3. The number of carbonyl (C=O) groups is 1. The Labute approximate surface area is 165 Å². The van der Waals surface area contributed by atoms with Crippen LogP contribution in [0.15, 0.2) is 89.6 Å². The molecule has 126 valence electrons. The van der Waals surface area contributed by atoms with E-state index in [9.17, 15) is 4.79 Å². The molecule has 0 N–H and O–H groups in total. The van der Waals surface area contributed by atoms with Crippen molar-refractivity contribution < 1.29 is 9.53 Å². The predicted molar refractivity (Wildman–Crippen MR) is 112 cm³/mol. The molecule has 0 aromatic heterocycles. The Bertz CT molecular complexity index is 1000. The normalized spacial score (nSPS) is 15.0. The average Bonchev–Trinajstić information content (AvgIpc) is 3.05. The van der Waals surface area contributed by atoms with Crippen molar-refractivity contribution >= 4 is 40.5 Å². The Balaban J connectivity index is 1.60. The van der Waals surface area contributed by atoms with Crippen LogP contribution in [0.3, 0.4) is 0 Å². The van der Waals surface area contributed by atoms with Gasteiger partial charge in [-0.3, -0.25) is 0 Å². The van der Waals surface area contributed by atoms with Crippen LogP contribution in [-0.2, 0) is 9.53 Å². The van der Waals surface area contributed by atoms with Crippen molar-refractivity contribution in [2.24, 2.45) is 4.99 Å². The lowest BCUT2D eigenvalue weighted by atomic mass is 10.0. The smallest absolute Gasteiger partial charge is 0.363 e. The summed E-state index contributed by atoms with van der Waals surface area (Å²) in [5.41, 5.74) is 4.26. The zero-order chi connectivity index (χ0) is 17.9. The first-order valence-electron chi connectivity index (χ1n) is 8.13. The Morgan fingerprint density at radius 3 is 2.08 bits per heavy atom. The minimum Gasteiger partial charge on any atom is -0.402 e. The summed E-state index contributed by atoms with van der Waals surface area (Å²) in [5.74, 6) is -0.0861. The van der Waals surface area contributed by atoms with Gasteiger partial charge in [0, 0.05) is 9.13 Å². The van der Waals surface area contributed by atoms with E-state index in [0.29, 0.717) is 11.6 Å². The van der Waals surface area contributed by atoms with Crippen molar-refractivity contribution in [3.05, 3.63) is 99.3 Å². The number of rotatable bonds is 3. The van der Waals surface area contributed by atoms with E-state index in [0.717, 1.165) is 25.8 Å². The molecule has 3 aromatic carbocycles. The number of hydrogen-bond donors (Lipinski definition) is 0.